The first kappa shape index (κ1) is 17.0. The number of nitrogens with zero attached hydrogens (tertiary/aromatic N) is 1. The summed E-state index contributed by atoms with van der Waals surface area (Å²) in [7, 11) is 0. The van der Waals surface area contributed by atoms with E-state index in [1.54, 1.807) is 11.3 Å². The van der Waals surface area contributed by atoms with E-state index in [0.29, 0.717) is 12.3 Å². The van der Waals surface area contributed by atoms with Gasteiger partial charge in [0.1, 0.15) is 5.03 Å². The topological polar surface area (TPSA) is 42.0 Å². The summed E-state index contributed by atoms with van der Waals surface area (Å²) in [6.45, 7) is 4.79. The van der Waals surface area contributed by atoms with E-state index in [-0.39, 0.29) is 5.91 Å². The van der Waals surface area contributed by atoms with Gasteiger partial charge in [0, 0.05) is 10.3 Å². The Morgan fingerprint density at radius 2 is 2.17 bits per heavy atom. The molecule has 0 saturated carbocycles. The lowest BCUT2D eigenvalue weighted by Crippen LogP contribution is -2.24. The van der Waals surface area contributed by atoms with Gasteiger partial charge in [0.15, 0.2) is 0 Å². The summed E-state index contributed by atoms with van der Waals surface area (Å²) in [6.07, 6.45) is 0.913. The van der Waals surface area contributed by atoms with Gasteiger partial charge in [-0.05, 0) is 48.1 Å². The predicted octanol–water partition coefficient (Wildman–Crippen LogP) is 4.58. The molecule has 3 nitrogen and oxygen atoms in total. The monoisotopic (exact) mass is 356 g/mol. The lowest BCUT2D eigenvalue weighted by molar-refractivity contribution is -0.118. The van der Waals surface area contributed by atoms with Crippen LogP contribution in [0.15, 0.2) is 46.8 Å². The van der Waals surface area contributed by atoms with Crippen molar-refractivity contribution in [1.82, 2.24) is 10.3 Å². The van der Waals surface area contributed by atoms with Crippen molar-refractivity contribution in [2.24, 2.45) is 0 Å². The van der Waals surface area contributed by atoms with Crippen molar-refractivity contribution in [1.29, 1.82) is 0 Å². The lowest BCUT2D eigenvalue weighted by Gasteiger charge is -2.09. The quantitative estimate of drug-likeness (QED) is 0.658. The number of fused-ring (bicyclic) bond motifs is 1. The maximum absolute atomic E-state index is 12.1. The van der Waals surface area contributed by atoms with E-state index in [0.717, 1.165) is 22.3 Å². The van der Waals surface area contributed by atoms with Crippen molar-refractivity contribution in [3.63, 3.8) is 0 Å². The van der Waals surface area contributed by atoms with Crippen LogP contribution in [0.3, 0.4) is 0 Å². The van der Waals surface area contributed by atoms with Gasteiger partial charge in [-0.1, -0.05) is 36.9 Å². The summed E-state index contributed by atoms with van der Waals surface area (Å²) < 4.78 is 0. The van der Waals surface area contributed by atoms with E-state index in [1.165, 1.54) is 27.8 Å². The number of benzene rings is 1. The summed E-state index contributed by atoms with van der Waals surface area (Å²) in [6, 6.07) is 12.5. The minimum absolute atomic E-state index is 0.0431. The molecule has 1 aromatic carbocycles. The third kappa shape index (κ3) is 4.16. The Hall–Kier alpha value is -1.85. The second-order valence-electron chi connectivity index (χ2n) is 5.65. The van der Waals surface area contributed by atoms with E-state index in [2.05, 4.69) is 43.4 Å². The smallest absolute Gasteiger partial charge is 0.230 e. The first-order valence-corrected chi connectivity index (χ1v) is 9.84. The number of thiophene rings is 1. The van der Waals surface area contributed by atoms with E-state index < -0.39 is 0 Å². The number of thioether (sulfide) groups is 1. The van der Waals surface area contributed by atoms with Crippen LogP contribution in [0.5, 0.6) is 0 Å². The molecule has 5 heteroatoms. The number of rotatable bonds is 6. The second-order valence-corrected chi connectivity index (χ2v) is 7.64. The Morgan fingerprint density at radius 1 is 1.29 bits per heavy atom. The Kier molecular flexibility index (Phi) is 5.53. The molecular formula is C19H20N2OS2. The van der Waals surface area contributed by atoms with Crippen LogP contribution >= 0.6 is 23.1 Å². The Bertz CT molecular complexity index is 844. The molecule has 124 valence electrons. The molecular weight excluding hydrogens is 336 g/mol. The van der Waals surface area contributed by atoms with Crippen molar-refractivity contribution in [2.45, 2.75) is 31.8 Å². The van der Waals surface area contributed by atoms with Crippen molar-refractivity contribution in [3.05, 3.63) is 57.8 Å². The minimum Gasteiger partial charge on any atom is -0.350 e. The van der Waals surface area contributed by atoms with Gasteiger partial charge in [-0.15, -0.1) is 11.3 Å². The molecule has 1 amide bonds. The zero-order valence-electron chi connectivity index (χ0n) is 13.8. The molecule has 1 N–H and O–H groups in total. The number of hydrogen-bond acceptors (Lipinski definition) is 4. The van der Waals surface area contributed by atoms with E-state index in [1.807, 2.05) is 17.5 Å². The number of hydrogen-bond donors (Lipinski definition) is 1. The van der Waals surface area contributed by atoms with Crippen LogP contribution < -0.4 is 5.32 Å². The fourth-order valence-electron chi connectivity index (χ4n) is 2.47. The standard InChI is InChI=1S/C19H20N2OS2/c1-3-14-10-15-7-6-13(2)9-17(15)21-19(14)24-12-18(22)20-11-16-5-4-8-23-16/h4-10H,3,11-12H2,1-2H3,(H,20,22). The molecule has 0 aliphatic heterocycles. The second kappa shape index (κ2) is 7.81. The van der Waals surface area contributed by atoms with Gasteiger partial charge in [-0.25, -0.2) is 4.98 Å². The molecule has 0 unspecified atom stereocenters. The van der Waals surface area contributed by atoms with Gasteiger partial charge in [-0.3, -0.25) is 4.79 Å². The van der Waals surface area contributed by atoms with E-state index in [4.69, 9.17) is 4.98 Å². The number of carbonyl (C=O) groups is 1. The lowest BCUT2D eigenvalue weighted by atomic mass is 10.1. The highest BCUT2D eigenvalue weighted by atomic mass is 32.2. The molecule has 24 heavy (non-hydrogen) atoms. The number of aromatic nitrogens is 1. The highest BCUT2D eigenvalue weighted by molar-refractivity contribution is 7.99. The van der Waals surface area contributed by atoms with E-state index >= 15 is 0 Å². The van der Waals surface area contributed by atoms with Crippen LogP contribution in [0.2, 0.25) is 0 Å². The van der Waals surface area contributed by atoms with Crippen molar-refractivity contribution >= 4 is 39.9 Å². The average Bonchev–Trinajstić information content (AvgIpc) is 3.10. The summed E-state index contributed by atoms with van der Waals surface area (Å²) in [5.41, 5.74) is 3.39. The predicted molar refractivity (Wildman–Crippen MR) is 103 cm³/mol. The molecule has 3 rings (SSSR count). The SMILES string of the molecule is CCc1cc2ccc(C)cc2nc1SCC(=O)NCc1cccs1. The van der Waals surface area contributed by atoms with Gasteiger partial charge in [0.25, 0.3) is 0 Å². The normalized spacial score (nSPS) is 10.9. The maximum atomic E-state index is 12.1. The van der Waals surface area contributed by atoms with Gasteiger partial charge in [-0.2, -0.15) is 0 Å². The maximum Gasteiger partial charge on any atom is 0.230 e. The highest BCUT2D eigenvalue weighted by Gasteiger charge is 2.10. The van der Waals surface area contributed by atoms with Crippen LogP contribution in [0.1, 0.15) is 22.9 Å². The first-order valence-electron chi connectivity index (χ1n) is 7.98. The summed E-state index contributed by atoms with van der Waals surface area (Å²) >= 11 is 3.17. The van der Waals surface area contributed by atoms with Crippen LogP contribution in [0.25, 0.3) is 10.9 Å². The molecule has 0 saturated heterocycles. The Balaban J connectivity index is 1.68. The third-order valence-corrected chi connectivity index (χ3v) is 5.68. The van der Waals surface area contributed by atoms with Gasteiger partial charge >= 0.3 is 0 Å². The van der Waals surface area contributed by atoms with Gasteiger partial charge < -0.3 is 5.32 Å². The van der Waals surface area contributed by atoms with E-state index in [9.17, 15) is 4.79 Å². The molecule has 2 aromatic heterocycles. The molecule has 2 heterocycles. The van der Waals surface area contributed by atoms with Gasteiger partial charge in [0.2, 0.25) is 5.91 Å². The number of amides is 1. The largest absolute Gasteiger partial charge is 0.350 e. The zero-order chi connectivity index (χ0) is 16.9. The van der Waals surface area contributed by atoms with Gasteiger partial charge in [0.05, 0.1) is 17.8 Å². The molecule has 0 spiro atoms. The van der Waals surface area contributed by atoms with Crippen LogP contribution in [0.4, 0.5) is 0 Å². The molecule has 0 radical (unpaired) electrons. The Labute approximate surface area is 150 Å². The molecule has 0 bridgehead atoms. The first-order chi connectivity index (χ1) is 11.7. The number of aryl methyl sites for hydroxylation is 2. The summed E-state index contributed by atoms with van der Waals surface area (Å²) in [4.78, 5) is 18.0. The third-order valence-electron chi connectivity index (χ3n) is 3.77. The minimum atomic E-state index is 0.0431. The fraction of sp³-hybridized carbons (Fsp3) is 0.263. The number of pyridine rings is 1. The zero-order valence-corrected chi connectivity index (χ0v) is 15.5. The summed E-state index contributed by atoms with van der Waals surface area (Å²) in [5.74, 6) is 0.435. The molecule has 0 atom stereocenters. The number of carbonyl (C=O) groups excluding carboxylic acids is 1. The highest BCUT2D eigenvalue weighted by Crippen LogP contribution is 2.26. The van der Waals surface area contributed by atoms with Crippen LogP contribution in [-0.2, 0) is 17.8 Å². The van der Waals surface area contributed by atoms with Crippen LogP contribution in [-0.4, -0.2) is 16.6 Å². The average molecular weight is 357 g/mol. The fourth-order valence-corrected chi connectivity index (χ4v) is 4.03. The Morgan fingerprint density at radius 3 is 2.92 bits per heavy atom. The van der Waals surface area contributed by atoms with Crippen molar-refractivity contribution in [3.8, 4) is 0 Å². The molecule has 0 fully saturated rings. The molecule has 3 aromatic rings. The van der Waals surface area contributed by atoms with Crippen molar-refractivity contribution in [2.75, 3.05) is 5.75 Å². The molecule has 0 aliphatic carbocycles. The van der Waals surface area contributed by atoms with Crippen molar-refractivity contribution < 1.29 is 4.79 Å². The summed E-state index contributed by atoms with van der Waals surface area (Å²) in [5, 5.41) is 7.10. The molecule has 0 aliphatic rings. The van der Waals surface area contributed by atoms with Crippen LogP contribution in [0, 0.1) is 6.92 Å². The number of nitrogens with one attached hydrogen (secondary N) is 1.